The van der Waals surface area contributed by atoms with Gasteiger partial charge in [0.25, 0.3) is 0 Å². The molecule has 1 aromatic heterocycles. The van der Waals surface area contributed by atoms with Crippen molar-refractivity contribution < 1.29 is 0 Å². The molecule has 2 N–H and O–H groups in total. The molecule has 0 radical (unpaired) electrons. The summed E-state index contributed by atoms with van der Waals surface area (Å²) in [5.74, 6) is 0. The van der Waals surface area contributed by atoms with Crippen LogP contribution in [-0.2, 0) is 0 Å². The van der Waals surface area contributed by atoms with Crippen LogP contribution < -0.4 is 5.73 Å². The molecule has 0 atom stereocenters. The molecule has 1 heterocycles. The highest BCUT2D eigenvalue weighted by atomic mass is 35.5. The van der Waals surface area contributed by atoms with Crippen molar-refractivity contribution in [3.63, 3.8) is 0 Å². The lowest BCUT2D eigenvalue weighted by Gasteiger charge is -1.78. The molecule has 0 aliphatic rings. The maximum atomic E-state index is 5.40. The first kappa shape index (κ1) is 7.72. The second-order valence-corrected chi connectivity index (χ2v) is 2.21. The van der Waals surface area contributed by atoms with E-state index in [9.17, 15) is 0 Å². The number of aryl methyl sites for hydroxylation is 1. The summed E-state index contributed by atoms with van der Waals surface area (Å²) in [6, 6.07) is 0. The lowest BCUT2D eigenvalue weighted by atomic mass is 10.4. The van der Waals surface area contributed by atoms with Crippen LogP contribution in [-0.4, -0.2) is 4.37 Å². The Balaban J connectivity index is 0.000000490. The van der Waals surface area contributed by atoms with Crippen molar-refractivity contribution >= 4 is 28.9 Å². The largest absolute Gasteiger partial charge is 0.389 e. The zero-order valence-electron chi connectivity index (χ0n) is 4.42. The number of halogens is 1. The van der Waals surface area contributed by atoms with Crippen molar-refractivity contribution in [1.29, 1.82) is 0 Å². The number of hydrogen-bond donors (Lipinski definition) is 1. The summed E-state index contributed by atoms with van der Waals surface area (Å²) < 4.78 is 3.84. The van der Waals surface area contributed by atoms with Gasteiger partial charge in [0.15, 0.2) is 0 Å². The van der Waals surface area contributed by atoms with E-state index >= 15 is 0 Å². The highest BCUT2D eigenvalue weighted by molar-refractivity contribution is 7.10. The van der Waals surface area contributed by atoms with E-state index in [1.165, 1.54) is 11.5 Å². The summed E-state index contributed by atoms with van der Waals surface area (Å²) in [6.07, 6.45) is 1.76. The van der Waals surface area contributed by atoms with E-state index in [0.29, 0.717) is 0 Å². The Morgan fingerprint density at radius 3 is 2.50 bits per heavy atom. The van der Waals surface area contributed by atoms with Crippen LogP contribution in [0.1, 0.15) is 5.56 Å². The molecule has 0 amide bonds. The molecule has 0 saturated carbocycles. The Bertz CT molecular complexity index is 146. The van der Waals surface area contributed by atoms with E-state index in [-0.39, 0.29) is 12.4 Å². The van der Waals surface area contributed by atoms with Gasteiger partial charge in [0.2, 0.25) is 0 Å². The molecular weight excluding hydrogens is 144 g/mol. The van der Waals surface area contributed by atoms with Crippen LogP contribution in [0.15, 0.2) is 6.20 Å². The Labute approximate surface area is 58.3 Å². The number of aromatic nitrogens is 1. The fourth-order valence-corrected chi connectivity index (χ4v) is 0.819. The lowest BCUT2D eigenvalue weighted by Crippen LogP contribution is -1.78. The molecule has 0 aliphatic heterocycles. The predicted molar refractivity (Wildman–Crippen MR) is 38.5 cm³/mol. The minimum atomic E-state index is 0. The van der Waals surface area contributed by atoms with E-state index in [4.69, 9.17) is 5.73 Å². The second kappa shape index (κ2) is 2.89. The second-order valence-electron chi connectivity index (χ2n) is 1.37. The van der Waals surface area contributed by atoms with Gasteiger partial charge in [-0.1, -0.05) is 0 Å². The van der Waals surface area contributed by atoms with Crippen LogP contribution in [0.25, 0.3) is 0 Å². The van der Waals surface area contributed by atoms with Gasteiger partial charge in [-0.2, -0.15) is 4.37 Å². The molecule has 2 nitrogen and oxygen atoms in total. The predicted octanol–water partition coefficient (Wildman–Crippen LogP) is 1.46. The molecule has 0 fully saturated rings. The average molecular weight is 151 g/mol. The van der Waals surface area contributed by atoms with Gasteiger partial charge in [-0.25, -0.2) is 0 Å². The maximum absolute atomic E-state index is 5.40. The number of rotatable bonds is 0. The molecule has 0 spiro atoms. The normalized spacial score (nSPS) is 8.12. The van der Waals surface area contributed by atoms with Gasteiger partial charge >= 0.3 is 0 Å². The first-order valence-electron chi connectivity index (χ1n) is 1.97. The van der Waals surface area contributed by atoms with Gasteiger partial charge in [-0.3, -0.25) is 0 Å². The standard InChI is InChI=1S/C4H6N2S.ClH/c1-3-2-6-7-4(3)5;/h2H,5H2,1H3;1H. The molecular formula is C4H7ClN2S. The Hall–Kier alpha value is -0.280. The zero-order chi connectivity index (χ0) is 5.28. The number of nitrogens with two attached hydrogens (primary N) is 1. The van der Waals surface area contributed by atoms with Crippen LogP contribution in [0.3, 0.4) is 0 Å². The number of anilines is 1. The van der Waals surface area contributed by atoms with Crippen molar-refractivity contribution in [3.8, 4) is 0 Å². The van der Waals surface area contributed by atoms with Crippen LogP contribution in [0.4, 0.5) is 5.00 Å². The molecule has 0 saturated heterocycles. The summed E-state index contributed by atoms with van der Waals surface area (Å²) >= 11 is 1.33. The van der Waals surface area contributed by atoms with Crippen LogP contribution in [0.2, 0.25) is 0 Å². The minimum Gasteiger partial charge on any atom is -0.389 e. The van der Waals surface area contributed by atoms with E-state index in [2.05, 4.69) is 4.37 Å². The molecule has 0 aromatic carbocycles. The van der Waals surface area contributed by atoms with E-state index in [0.717, 1.165) is 10.6 Å². The monoisotopic (exact) mass is 150 g/mol. The van der Waals surface area contributed by atoms with Crippen molar-refractivity contribution in [2.45, 2.75) is 6.92 Å². The third kappa shape index (κ3) is 1.35. The first-order chi connectivity index (χ1) is 3.30. The van der Waals surface area contributed by atoms with E-state index in [1.807, 2.05) is 6.92 Å². The summed E-state index contributed by atoms with van der Waals surface area (Å²) in [7, 11) is 0. The molecule has 0 aliphatic carbocycles. The highest BCUT2D eigenvalue weighted by Crippen LogP contribution is 2.12. The fraction of sp³-hybridized carbons (Fsp3) is 0.250. The van der Waals surface area contributed by atoms with E-state index in [1.54, 1.807) is 6.20 Å². The van der Waals surface area contributed by atoms with Crippen LogP contribution >= 0.6 is 23.9 Å². The highest BCUT2D eigenvalue weighted by Gasteiger charge is 1.89. The summed E-state index contributed by atoms with van der Waals surface area (Å²) in [4.78, 5) is 0. The number of hydrogen-bond acceptors (Lipinski definition) is 3. The number of nitrogen functional groups attached to an aromatic ring is 1. The third-order valence-electron chi connectivity index (χ3n) is 0.786. The topological polar surface area (TPSA) is 38.9 Å². The van der Waals surface area contributed by atoms with Gasteiger partial charge in [0.1, 0.15) is 5.00 Å². The van der Waals surface area contributed by atoms with Gasteiger partial charge < -0.3 is 5.73 Å². The molecule has 1 rings (SSSR count). The molecule has 4 heteroatoms. The fourth-order valence-electron chi connectivity index (χ4n) is 0.298. The Morgan fingerprint density at radius 1 is 1.75 bits per heavy atom. The van der Waals surface area contributed by atoms with Gasteiger partial charge in [-0.15, -0.1) is 12.4 Å². The summed E-state index contributed by atoms with van der Waals surface area (Å²) in [6.45, 7) is 1.94. The number of nitrogens with zero attached hydrogens (tertiary/aromatic N) is 1. The summed E-state index contributed by atoms with van der Waals surface area (Å²) in [5.41, 5.74) is 6.47. The lowest BCUT2D eigenvalue weighted by molar-refractivity contribution is 1.46. The van der Waals surface area contributed by atoms with Crippen molar-refractivity contribution in [3.05, 3.63) is 11.8 Å². The smallest absolute Gasteiger partial charge is 0.109 e. The maximum Gasteiger partial charge on any atom is 0.109 e. The molecule has 0 unspecified atom stereocenters. The Morgan fingerprint density at radius 2 is 2.38 bits per heavy atom. The minimum absolute atomic E-state index is 0. The van der Waals surface area contributed by atoms with Crippen molar-refractivity contribution in [2.24, 2.45) is 0 Å². The zero-order valence-corrected chi connectivity index (χ0v) is 6.05. The molecule has 1 aromatic rings. The summed E-state index contributed by atoms with van der Waals surface area (Å²) in [5, 5.41) is 0.819. The van der Waals surface area contributed by atoms with Gasteiger partial charge in [-0.05, 0) is 18.5 Å². The molecule has 0 bridgehead atoms. The Kier molecular flexibility index (Phi) is 2.79. The molecule has 8 heavy (non-hydrogen) atoms. The molecule has 46 valence electrons. The van der Waals surface area contributed by atoms with Crippen molar-refractivity contribution in [2.75, 3.05) is 5.73 Å². The quantitative estimate of drug-likeness (QED) is 0.608. The van der Waals surface area contributed by atoms with Crippen LogP contribution in [0, 0.1) is 6.92 Å². The van der Waals surface area contributed by atoms with Crippen molar-refractivity contribution in [1.82, 2.24) is 4.37 Å². The first-order valence-corrected chi connectivity index (χ1v) is 2.75. The SMILES string of the molecule is Cc1cnsc1N.Cl. The van der Waals surface area contributed by atoms with Gasteiger partial charge in [0, 0.05) is 11.8 Å². The van der Waals surface area contributed by atoms with Gasteiger partial charge in [0.05, 0.1) is 0 Å². The average Bonchev–Trinajstić information content (AvgIpc) is 1.91. The van der Waals surface area contributed by atoms with Crippen LogP contribution in [0.5, 0.6) is 0 Å². The van der Waals surface area contributed by atoms with E-state index < -0.39 is 0 Å². The third-order valence-corrected chi connectivity index (χ3v) is 1.52.